The first-order valence-corrected chi connectivity index (χ1v) is 8.00. The number of amides is 1. The van der Waals surface area contributed by atoms with Gasteiger partial charge in [0, 0.05) is 24.6 Å². The zero-order valence-electron chi connectivity index (χ0n) is 13.9. The number of benzene rings is 2. The van der Waals surface area contributed by atoms with Crippen LogP contribution in [-0.2, 0) is 11.2 Å². The van der Waals surface area contributed by atoms with Crippen LogP contribution in [0.5, 0.6) is 0 Å². The molecule has 1 amide bonds. The van der Waals surface area contributed by atoms with Crippen LogP contribution < -0.4 is 5.32 Å². The molecule has 4 nitrogen and oxygen atoms in total. The van der Waals surface area contributed by atoms with Crippen LogP contribution in [0.1, 0.15) is 23.6 Å². The number of aromatic nitrogens is 1. The average molecular weight is 320 g/mol. The van der Waals surface area contributed by atoms with E-state index in [0.29, 0.717) is 12.3 Å². The lowest BCUT2D eigenvalue weighted by atomic mass is 10.1. The van der Waals surface area contributed by atoms with Gasteiger partial charge in [-0.15, -0.1) is 0 Å². The number of nitrogens with zero attached hydrogens (tertiary/aromatic N) is 1. The molecule has 1 aromatic heterocycles. The van der Waals surface area contributed by atoms with Crippen molar-refractivity contribution in [1.82, 2.24) is 4.98 Å². The first-order chi connectivity index (χ1) is 11.6. The average Bonchev–Trinajstić information content (AvgIpc) is 2.93. The quantitative estimate of drug-likeness (QED) is 0.751. The molecule has 0 saturated carbocycles. The van der Waals surface area contributed by atoms with Crippen LogP contribution in [0.25, 0.3) is 11.3 Å². The van der Waals surface area contributed by atoms with Gasteiger partial charge in [0.25, 0.3) is 0 Å². The molecule has 0 atom stereocenters. The van der Waals surface area contributed by atoms with Gasteiger partial charge in [0.1, 0.15) is 11.5 Å². The Hall–Kier alpha value is -2.88. The molecule has 4 heteroatoms. The highest BCUT2D eigenvalue weighted by molar-refractivity contribution is 5.91. The Kier molecular flexibility index (Phi) is 4.75. The van der Waals surface area contributed by atoms with Crippen molar-refractivity contribution in [1.29, 1.82) is 0 Å². The van der Waals surface area contributed by atoms with E-state index in [2.05, 4.69) is 10.3 Å². The fourth-order valence-electron chi connectivity index (χ4n) is 2.63. The Morgan fingerprint density at radius 2 is 1.75 bits per heavy atom. The lowest BCUT2D eigenvalue weighted by Gasteiger charge is -2.06. The summed E-state index contributed by atoms with van der Waals surface area (Å²) in [6, 6.07) is 17.7. The van der Waals surface area contributed by atoms with Crippen molar-refractivity contribution < 1.29 is 9.21 Å². The molecule has 3 aromatic rings. The fourth-order valence-corrected chi connectivity index (χ4v) is 2.63. The highest BCUT2D eigenvalue weighted by Crippen LogP contribution is 2.24. The molecule has 0 aliphatic carbocycles. The Balaban J connectivity index is 1.60. The third kappa shape index (κ3) is 3.90. The van der Waals surface area contributed by atoms with E-state index in [1.54, 1.807) is 0 Å². The first-order valence-electron chi connectivity index (χ1n) is 8.00. The van der Waals surface area contributed by atoms with E-state index in [1.165, 1.54) is 5.56 Å². The van der Waals surface area contributed by atoms with Crippen molar-refractivity contribution in [2.75, 3.05) is 5.32 Å². The molecule has 0 radical (unpaired) electrons. The lowest BCUT2D eigenvalue weighted by molar-refractivity contribution is -0.116. The normalized spacial score (nSPS) is 10.6. The first kappa shape index (κ1) is 16.0. The summed E-state index contributed by atoms with van der Waals surface area (Å²) >= 11 is 0. The van der Waals surface area contributed by atoms with Gasteiger partial charge in [-0.1, -0.05) is 42.5 Å². The SMILES string of the molecule is Cc1nc(-c2ccc(NC(=O)CCc3ccccc3)cc2)c(C)o1. The second-order valence-corrected chi connectivity index (χ2v) is 5.75. The van der Waals surface area contributed by atoms with Crippen LogP contribution in [0, 0.1) is 13.8 Å². The van der Waals surface area contributed by atoms with Gasteiger partial charge in [-0.2, -0.15) is 0 Å². The zero-order chi connectivity index (χ0) is 16.9. The molecule has 0 spiro atoms. The van der Waals surface area contributed by atoms with E-state index < -0.39 is 0 Å². The van der Waals surface area contributed by atoms with E-state index in [-0.39, 0.29) is 5.91 Å². The highest BCUT2D eigenvalue weighted by atomic mass is 16.4. The molecule has 24 heavy (non-hydrogen) atoms. The molecule has 0 fully saturated rings. The zero-order valence-corrected chi connectivity index (χ0v) is 13.9. The Bertz CT molecular complexity index is 821. The van der Waals surface area contributed by atoms with Gasteiger partial charge in [0.15, 0.2) is 5.89 Å². The Morgan fingerprint density at radius 3 is 2.38 bits per heavy atom. The number of hydrogen-bond donors (Lipinski definition) is 1. The van der Waals surface area contributed by atoms with Gasteiger partial charge >= 0.3 is 0 Å². The van der Waals surface area contributed by atoms with Crippen LogP contribution in [0.15, 0.2) is 59.0 Å². The smallest absolute Gasteiger partial charge is 0.224 e. The van der Waals surface area contributed by atoms with Crippen molar-refractivity contribution in [3.05, 3.63) is 71.8 Å². The Labute approximate surface area is 141 Å². The minimum Gasteiger partial charge on any atom is -0.446 e. The van der Waals surface area contributed by atoms with Crippen molar-refractivity contribution in [3.63, 3.8) is 0 Å². The third-order valence-corrected chi connectivity index (χ3v) is 3.83. The predicted octanol–water partition coefficient (Wildman–Crippen LogP) is 4.53. The topological polar surface area (TPSA) is 55.1 Å². The second kappa shape index (κ2) is 7.13. The number of aryl methyl sites for hydroxylation is 3. The molecule has 3 rings (SSSR count). The molecule has 0 bridgehead atoms. The second-order valence-electron chi connectivity index (χ2n) is 5.75. The van der Waals surface area contributed by atoms with E-state index in [4.69, 9.17) is 4.42 Å². The number of nitrogens with one attached hydrogen (secondary N) is 1. The third-order valence-electron chi connectivity index (χ3n) is 3.83. The van der Waals surface area contributed by atoms with Gasteiger partial charge < -0.3 is 9.73 Å². The van der Waals surface area contributed by atoms with Crippen molar-refractivity contribution >= 4 is 11.6 Å². The van der Waals surface area contributed by atoms with Gasteiger partial charge in [-0.25, -0.2) is 4.98 Å². The number of hydrogen-bond acceptors (Lipinski definition) is 3. The van der Waals surface area contributed by atoms with Crippen molar-refractivity contribution in [3.8, 4) is 11.3 Å². The number of anilines is 1. The highest BCUT2D eigenvalue weighted by Gasteiger charge is 2.09. The standard InChI is InChI=1S/C20H20N2O2/c1-14-20(21-15(2)24-14)17-9-11-18(12-10-17)22-19(23)13-8-16-6-4-3-5-7-16/h3-7,9-12H,8,13H2,1-2H3,(H,22,23). The van der Waals surface area contributed by atoms with Crippen LogP contribution in [0.2, 0.25) is 0 Å². The maximum Gasteiger partial charge on any atom is 0.224 e. The predicted molar refractivity (Wildman–Crippen MR) is 94.8 cm³/mol. The largest absolute Gasteiger partial charge is 0.446 e. The van der Waals surface area contributed by atoms with Crippen LogP contribution in [-0.4, -0.2) is 10.9 Å². The minimum absolute atomic E-state index is 0.0139. The van der Waals surface area contributed by atoms with Gasteiger partial charge in [0.2, 0.25) is 5.91 Å². The van der Waals surface area contributed by atoms with Crippen molar-refractivity contribution in [2.45, 2.75) is 26.7 Å². The molecule has 122 valence electrons. The van der Waals surface area contributed by atoms with Gasteiger partial charge in [0.05, 0.1) is 0 Å². The molecule has 0 saturated heterocycles. The molecular weight excluding hydrogens is 300 g/mol. The Morgan fingerprint density at radius 1 is 1.04 bits per heavy atom. The van der Waals surface area contributed by atoms with E-state index in [9.17, 15) is 4.79 Å². The van der Waals surface area contributed by atoms with E-state index >= 15 is 0 Å². The summed E-state index contributed by atoms with van der Waals surface area (Å²) in [5, 5.41) is 2.93. The minimum atomic E-state index is 0.0139. The summed E-state index contributed by atoms with van der Waals surface area (Å²) in [6.07, 6.45) is 1.20. The lowest BCUT2D eigenvalue weighted by Crippen LogP contribution is -2.12. The summed E-state index contributed by atoms with van der Waals surface area (Å²) < 4.78 is 5.46. The fraction of sp³-hybridized carbons (Fsp3) is 0.200. The molecule has 0 aliphatic heterocycles. The number of oxazole rings is 1. The van der Waals surface area contributed by atoms with E-state index in [0.717, 1.165) is 29.1 Å². The molecular formula is C20H20N2O2. The molecule has 0 unspecified atom stereocenters. The van der Waals surface area contributed by atoms with Crippen LogP contribution >= 0.6 is 0 Å². The molecule has 1 N–H and O–H groups in total. The van der Waals surface area contributed by atoms with Gasteiger partial charge in [-0.3, -0.25) is 4.79 Å². The maximum absolute atomic E-state index is 12.1. The monoisotopic (exact) mass is 320 g/mol. The van der Waals surface area contributed by atoms with Gasteiger partial charge in [-0.05, 0) is 31.0 Å². The molecule has 1 heterocycles. The number of carbonyl (C=O) groups excluding carboxylic acids is 1. The van der Waals surface area contributed by atoms with Crippen LogP contribution in [0.4, 0.5) is 5.69 Å². The summed E-state index contributed by atoms with van der Waals surface area (Å²) in [4.78, 5) is 16.4. The molecule has 2 aromatic carbocycles. The summed E-state index contributed by atoms with van der Waals surface area (Å²) in [5.41, 5.74) is 3.77. The maximum atomic E-state index is 12.1. The number of rotatable bonds is 5. The summed E-state index contributed by atoms with van der Waals surface area (Å²) in [6.45, 7) is 3.73. The van der Waals surface area contributed by atoms with Crippen molar-refractivity contribution in [2.24, 2.45) is 0 Å². The summed E-state index contributed by atoms with van der Waals surface area (Å²) in [5.74, 6) is 1.47. The summed E-state index contributed by atoms with van der Waals surface area (Å²) in [7, 11) is 0. The van der Waals surface area contributed by atoms with Crippen LogP contribution in [0.3, 0.4) is 0 Å². The number of carbonyl (C=O) groups is 1. The molecule has 0 aliphatic rings. The van der Waals surface area contributed by atoms with E-state index in [1.807, 2.05) is 68.4 Å².